The summed E-state index contributed by atoms with van der Waals surface area (Å²) in [7, 11) is 0. The number of carbonyl (C=O) groups is 1. The van der Waals surface area contributed by atoms with Gasteiger partial charge in [-0.1, -0.05) is 12.8 Å². The molecule has 1 aliphatic carbocycles. The number of aryl methyl sites for hydroxylation is 1. The third-order valence-electron chi connectivity index (χ3n) is 4.72. The Bertz CT molecular complexity index is 418. The Morgan fingerprint density at radius 2 is 1.95 bits per heavy atom. The molecule has 20 heavy (non-hydrogen) atoms. The van der Waals surface area contributed by atoms with Gasteiger partial charge >= 0.3 is 0 Å². The van der Waals surface area contributed by atoms with Crippen molar-refractivity contribution in [3.05, 3.63) is 22.4 Å². The summed E-state index contributed by atoms with van der Waals surface area (Å²) in [6, 6.07) is 2.92. The first-order chi connectivity index (χ1) is 9.83. The average molecular weight is 292 g/mol. The van der Waals surface area contributed by atoms with E-state index in [0.29, 0.717) is 12.3 Å². The van der Waals surface area contributed by atoms with Crippen LogP contribution in [0.25, 0.3) is 0 Å². The molecule has 1 saturated carbocycles. The van der Waals surface area contributed by atoms with E-state index in [9.17, 15) is 4.79 Å². The first-order valence-corrected chi connectivity index (χ1v) is 8.80. The fourth-order valence-electron chi connectivity index (χ4n) is 3.45. The summed E-state index contributed by atoms with van der Waals surface area (Å²) < 4.78 is 0. The van der Waals surface area contributed by atoms with E-state index >= 15 is 0 Å². The molecule has 0 bridgehead atoms. The maximum Gasteiger partial charge on any atom is 0.222 e. The van der Waals surface area contributed by atoms with Crippen LogP contribution in [-0.4, -0.2) is 47.9 Å². The number of carbonyl (C=O) groups excluding carboxylic acids is 1. The number of rotatable bonds is 4. The Morgan fingerprint density at radius 1 is 1.20 bits per heavy atom. The molecule has 1 amide bonds. The van der Waals surface area contributed by atoms with Crippen LogP contribution in [0.4, 0.5) is 0 Å². The van der Waals surface area contributed by atoms with Crippen LogP contribution in [0.1, 0.15) is 37.7 Å². The molecule has 110 valence electrons. The van der Waals surface area contributed by atoms with E-state index in [2.05, 4.69) is 26.6 Å². The van der Waals surface area contributed by atoms with Crippen molar-refractivity contribution >= 4 is 17.2 Å². The second kappa shape index (κ2) is 6.72. The van der Waals surface area contributed by atoms with Gasteiger partial charge in [0.15, 0.2) is 0 Å². The largest absolute Gasteiger partial charge is 0.340 e. The molecule has 1 saturated heterocycles. The molecule has 1 aromatic heterocycles. The lowest BCUT2D eigenvalue weighted by atomic mass is 10.1. The molecule has 4 heteroatoms. The predicted octanol–water partition coefficient (Wildman–Crippen LogP) is 2.77. The highest BCUT2D eigenvalue weighted by Crippen LogP contribution is 2.24. The smallest absolute Gasteiger partial charge is 0.222 e. The summed E-state index contributed by atoms with van der Waals surface area (Å²) in [6.45, 7) is 4.02. The van der Waals surface area contributed by atoms with Crippen molar-refractivity contribution in [3.63, 3.8) is 0 Å². The van der Waals surface area contributed by atoms with Gasteiger partial charge in [0.1, 0.15) is 0 Å². The SMILES string of the molecule is O=C(CCc1ccsc1)N1CCN(C2CCCC2)CC1. The third-order valence-corrected chi connectivity index (χ3v) is 5.45. The van der Waals surface area contributed by atoms with Gasteiger partial charge in [-0.15, -0.1) is 0 Å². The molecule has 0 unspecified atom stereocenters. The fourth-order valence-corrected chi connectivity index (χ4v) is 4.15. The second-order valence-electron chi connectivity index (χ2n) is 5.99. The zero-order valence-corrected chi connectivity index (χ0v) is 12.9. The van der Waals surface area contributed by atoms with Crippen LogP contribution >= 0.6 is 11.3 Å². The van der Waals surface area contributed by atoms with Crippen LogP contribution in [0.2, 0.25) is 0 Å². The van der Waals surface area contributed by atoms with Crippen LogP contribution in [0.5, 0.6) is 0 Å². The molecular formula is C16H24N2OS. The minimum atomic E-state index is 0.335. The molecule has 0 atom stereocenters. The Kier molecular flexibility index (Phi) is 4.73. The number of hydrogen-bond donors (Lipinski definition) is 0. The molecule has 1 aliphatic heterocycles. The van der Waals surface area contributed by atoms with Crippen LogP contribution in [-0.2, 0) is 11.2 Å². The lowest BCUT2D eigenvalue weighted by Crippen LogP contribution is -2.51. The molecule has 0 spiro atoms. The van der Waals surface area contributed by atoms with E-state index in [4.69, 9.17) is 0 Å². The molecule has 3 rings (SSSR count). The lowest BCUT2D eigenvalue weighted by molar-refractivity contribution is -0.133. The standard InChI is InChI=1S/C16H24N2OS/c19-16(6-5-14-7-12-20-13-14)18-10-8-17(9-11-18)15-3-1-2-4-15/h7,12-13,15H,1-6,8-11H2. The minimum Gasteiger partial charge on any atom is -0.340 e. The van der Waals surface area contributed by atoms with Crippen LogP contribution in [0.3, 0.4) is 0 Å². The molecular weight excluding hydrogens is 268 g/mol. The van der Waals surface area contributed by atoms with E-state index < -0.39 is 0 Å². The van der Waals surface area contributed by atoms with E-state index in [1.165, 1.54) is 31.2 Å². The third kappa shape index (κ3) is 3.41. The van der Waals surface area contributed by atoms with Gasteiger partial charge in [0.25, 0.3) is 0 Å². The number of piperazine rings is 1. The molecule has 2 aliphatic rings. The highest BCUT2D eigenvalue weighted by molar-refractivity contribution is 7.07. The van der Waals surface area contributed by atoms with Gasteiger partial charge in [0.2, 0.25) is 5.91 Å². The van der Waals surface area contributed by atoms with Crippen molar-refractivity contribution < 1.29 is 4.79 Å². The van der Waals surface area contributed by atoms with Crippen LogP contribution < -0.4 is 0 Å². The first-order valence-electron chi connectivity index (χ1n) is 7.86. The van der Waals surface area contributed by atoms with Crippen molar-refractivity contribution in [2.75, 3.05) is 26.2 Å². The highest BCUT2D eigenvalue weighted by atomic mass is 32.1. The summed E-state index contributed by atoms with van der Waals surface area (Å²) in [6.07, 6.45) is 7.08. The summed E-state index contributed by atoms with van der Waals surface area (Å²) in [5, 5.41) is 4.23. The van der Waals surface area contributed by atoms with Gasteiger partial charge in [0.05, 0.1) is 0 Å². The zero-order valence-electron chi connectivity index (χ0n) is 12.1. The summed E-state index contributed by atoms with van der Waals surface area (Å²) >= 11 is 1.71. The second-order valence-corrected chi connectivity index (χ2v) is 6.77. The van der Waals surface area contributed by atoms with E-state index in [1.807, 2.05) is 0 Å². The minimum absolute atomic E-state index is 0.335. The van der Waals surface area contributed by atoms with Crippen molar-refractivity contribution in [3.8, 4) is 0 Å². The molecule has 1 aromatic rings. The molecule has 0 N–H and O–H groups in total. The number of hydrogen-bond acceptors (Lipinski definition) is 3. The number of thiophene rings is 1. The fraction of sp³-hybridized carbons (Fsp3) is 0.688. The van der Waals surface area contributed by atoms with Crippen molar-refractivity contribution in [1.29, 1.82) is 0 Å². The van der Waals surface area contributed by atoms with E-state index in [1.54, 1.807) is 11.3 Å². The zero-order chi connectivity index (χ0) is 13.8. The molecule has 0 aromatic carbocycles. The van der Waals surface area contributed by atoms with E-state index in [-0.39, 0.29) is 0 Å². The lowest BCUT2D eigenvalue weighted by Gasteiger charge is -2.38. The van der Waals surface area contributed by atoms with Crippen molar-refractivity contribution in [2.45, 2.75) is 44.6 Å². The van der Waals surface area contributed by atoms with Gasteiger partial charge in [-0.25, -0.2) is 0 Å². The maximum absolute atomic E-state index is 12.2. The van der Waals surface area contributed by atoms with Crippen molar-refractivity contribution in [2.24, 2.45) is 0 Å². The normalized spacial score (nSPS) is 21.5. The quantitative estimate of drug-likeness (QED) is 0.852. The molecule has 3 nitrogen and oxygen atoms in total. The Balaban J connectivity index is 1.41. The summed E-state index contributed by atoms with van der Waals surface area (Å²) in [5.41, 5.74) is 1.30. The van der Waals surface area contributed by atoms with Crippen LogP contribution in [0, 0.1) is 0 Å². The predicted molar refractivity (Wildman–Crippen MR) is 83.0 cm³/mol. The van der Waals surface area contributed by atoms with Gasteiger partial charge < -0.3 is 4.90 Å². The van der Waals surface area contributed by atoms with Gasteiger partial charge in [-0.2, -0.15) is 11.3 Å². The first kappa shape index (κ1) is 14.1. The van der Waals surface area contributed by atoms with Gasteiger partial charge in [-0.05, 0) is 41.7 Å². The highest BCUT2D eigenvalue weighted by Gasteiger charge is 2.27. The van der Waals surface area contributed by atoms with E-state index in [0.717, 1.165) is 38.6 Å². The number of nitrogens with zero attached hydrogens (tertiary/aromatic N) is 2. The topological polar surface area (TPSA) is 23.6 Å². The molecule has 2 fully saturated rings. The number of amides is 1. The average Bonchev–Trinajstić information content (AvgIpc) is 3.18. The maximum atomic E-state index is 12.2. The molecule has 2 heterocycles. The summed E-state index contributed by atoms with van der Waals surface area (Å²) in [5.74, 6) is 0.335. The van der Waals surface area contributed by atoms with Crippen molar-refractivity contribution in [1.82, 2.24) is 9.80 Å². The monoisotopic (exact) mass is 292 g/mol. The Hall–Kier alpha value is -0.870. The van der Waals surface area contributed by atoms with Gasteiger partial charge in [-0.3, -0.25) is 9.69 Å². The van der Waals surface area contributed by atoms with Gasteiger partial charge in [0, 0.05) is 38.6 Å². The summed E-state index contributed by atoms with van der Waals surface area (Å²) in [4.78, 5) is 16.9. The Morgan fingerprint density at radius 3 is 2.60 bits per heavy atom. The Labute approximate surface area is 125 Å². The molecule has 0 radical (unpaired) electrons. The van der Waals surface area contributed by atoms with Crippen LogP contribution in [0.15, 0.2) is 16.8 Å².